The smallest absolute Gasteiger partial charge is 0.0473 e. The van der Waals surface area contributed by atoms with E-state index >= 15 is 0 Å². The van der Waals surface area contributed by atoms with E-state index in [-0.39, 0.29) is 0 Å². The molecule has 2 rings (SSSR count). The van der Waals surface area contributed by atoms with Gasteiger partial charge >= 0.3 is 0 Å². The lowest BCUT2D eigenvalue weighted by Gasteiger charge is -2.33. The Morgan fingerprint density at radius 1 is 1.33 bits per heavy atom. The van der Waals surface area contributed by atoms with Crippen LogP contribution in [0.5, 0.6) is 0 Å². The summed E-state index contributed by atoms with van der Waals surface area (Å²) in [5, 5.41) is 0. The van der Waals surface area contributed by atoms with Gasteiger partial charge in [-0.3, -0.25) is 4.90 Å². The largest absolute Gasteiger partial charge is 0.329 e. The van der Waals surface area contributed by atoms with Crippen LogP contribution in [0.4, 0.5) is 0 Å². The van der Waals surface area contributed by atoms with Crippen molar-refractivity contribution < 1.29 is 0 Å². The highest BCUT2D eigenvalue weighted by molar-refractivity contribution is 5.31. The van der Waals surface area contributed by atoms with Crippen molar-refractivity contribution in [2.45, 2.75) is 51.6 Å². The van der Waals surface area contributed by atoms with Crippen molar-refractivity contribution in [1.29, 1.82) is 0 Å². The molecule has 0 bridgehead atoms. The third-order valence-electron chi connectivity index (χ3n) is 4.00. The molecule has 1 aromatic carbocycles. The maximum absolute atomic E-state index is 6.02. The van der Waals surface area contributed by atoms with Crippen LogP contribution in [0.2, 0.25) is 0 Å². The van der Waals surface area contributed by atoms with Crippen molar-refractivity contribution in [3.63, 3.8) is 0 Å². The van der Waals surface area contributed by atoms with Crippen LogP contribution in [-0.2, 0) is 0 Å². The zero-order chi connectivity index (χ0) is 13.1. The summed E-state index contributed by atoms with van der Waals surface area (Å²) in [6.45, 7) is 8.45. The zero-order valence-electron chi connectivity index (χ0n) is 11.9. The van der Waals surface area contributed by atoms with Gasteiger partial charge in [0.2, 0.25) is 0 Å². The van der Waals surface area contributed by atoms with Crippen molar-refractivity contribution in [1.82, 2.24) is 4.90 Å². The van der Waals surface area contributed by atoms with Crippen LogP contribution in [-0.4, -0.2) is 24.0 Å². The first-order valence-electron chi connectivity index (χ1n) is 7.23. The van der Waals surface area contributed by atoms with E-state index in [2.05, 4.69) is 49.9 Å². The number of hydrogen-bond donors (Lipinski definition) is 1. The molecule has 1 fully saturated rings. The van der Waals surface area contributed by atoms with Crippen LogP contribution in [0.1, 0.15) is 56.7 Å². The fourth-order valence-corrected chi connectivity index (χ4v) is 2.85. The summed E-state index contributed by atoms with van der Waals surface area (Å²) < 4.78 is 0. The Morgan fingerprint density at radius 2 is 2.06 bits per heavy atom. The molecule has 2 nitrogen and oxygen atoms in total. The van der Waals surface area contributed by atoms with Crippen LogP contribution >= 0.6 is 0 Å². The minimum absolute atomic E-state index is 0.355. The van der Waals surface area contributed by atoms with Crippen LogP contribution in [0.15, 0.2) is 24.3 Å². The Kier molecular flexibility index (Phi) is 4.41. The van der Waals surface area contributed by atoms with Gasteiger partial charge in [0.25, 0.3) is 0 Å². The molecule has 1 aromatic rings. The maximum Gasteiger partial charge on any atom is 0.0473 e. The summed E-state index contributed by atoms with van der Waals surface area (Å²) in [4.78, 5) is 2.48. The Bertz CT molecular complexity index is 382. The van der Waals surface area contributed by atoms with E-state index in [0.717, 1.165) is 12.5 Å². The predicted octanol–water partition coefficient (Wildman–Crippen LogP) is 3.29. The highest BCUT2D eigenvalue weighted by Gasteiger charge is 2.25. The molecule has 0 aliphatic heterocycles. The molecule has 100 valence electrons. The summed E-state index contributed by atoms with van der Waals surface area (Å²) in [6, 6.07) is 9.95. The van der Waals surface area contributed by atoms with Crippen molar-refractivity contribution in [3.05, 3.63) is 35.4 Å². The molecule has 2 heteroatoms. The number of nitrogens with two attached hydrogens (primary N) is 1. The van der Waals surface area contributed by atoms with Gasteiger partial charge in [-0.1, -0.05) is 31.2 Å². The molecular weight excluding hydrogens is 220 g/mol. The third-order valence-corrected chi connectivity index (χ3v) is 4.00. The topological polar surface area (TPSA) is 29.3 Å². The molecule has 2 N–H and O–H groups in total. The van der Waals surface area contributed by atoms with Crippen LogP contribution in [0.3, 0.4) is 0 Å². The summed E-state index contributed by atoms with van der Waals surface area (Å²) in [7, 11) is 0. The van der Waals surface area contributed by atoms with E-state index in [4.69, 9.17) is 5.73 Å². The highest BCUT2D eigenvalue weighted by Crippen LogP contribution is 2.40. The summed E-state index contributed by atoms with van der Waals surface area (Å²) >= 11 is 0. The first kappa shape index (κ1) is 13.6. The Morgan fingerprint density at radius 3 is 2.56 bits per heavy atom. The fraction of sp³-hybridized carbons (Fsp3) is 0.625. The number of nitrogens with zero attached hydrogens (tertiary/aromatic N) is 1. The Hall–Kier alpha value is -0.860. The van der Waals surface area contributed by atoms with Crippen LogP contribution < -0.4 is 5.73 Å². The minimum Gasteiger partial charge on any atom is -0.329 e. The lowest BCUT2D eigenvalue weighted by atomic mass is 9.99. The quantitative estimate of drug-likeness (QED) is 0.834. The van der Waals surface area contributed by atoms with Gasteiger partial charge in [0.1, 0.15) is 0 Å². The first-order valence-corrected chi connectivity index (χ1v) is 7.23. The number of rotatable bonds is 6. The third kappa shape index (κ3) is 2.93. The molecule has 0 saturated heterocycles. The van der Waals surface area contributed by atoms with Gasteiger partial charge in [-0.25, -0.2) is 0 Å². The first-order chi connectivity index (χ1) is 8.67. The molecule has 0 heterocycles. The average molecular weight is 246 g/mol. The van der Waals surface area contributed by atoms with E-state index in [9.17, 15) is 0 Å². The van der Waals surface area contributed by atoms with Crippen LogP contribution in [0.25, 0.3) is 0 Å². The van der Waals surface area contributed by atoms with E-state index in [1.807, 2.05) is 0 Å². The van der Waals surface area contributed by atoms with Crippen molar-refractivity contribution >= 4 is 0 Å². The van der Waals surface area contributed by atoms with Gasteiger partial charge in [-0.2, -0.15) is 0 Å². The lowest BCUT2D eigenvalue weighted by molar-refractivity contribution is 0.166. The molecule has 1 saturated carbocycles. The van der Waals surface area contributed by atoms with Gasteiger partial charge in [-0.15, -0.1) is 0 Å². The monoisotopic (exact) mass is 246 g/mol. The molecule has 0 spiro atoms. The van der Waals surface area contributed by atoms with Crippen molar-refractivity contribution in [2.24, 2.45) is 5.73 Å². The number of likely N-dealkylation sites (N-methyl/N-ethyl adjacent to an activating group) is 1. The Labute approximate surface area is 111 Å². The molecule has 1 aliphatic carbocycles. The van der Waals surface area contributed by atoms with Gasteiger partial charge in [-0.05, 0) is 50.3 Å². The molecule has 18 heavy (non-hydrogen) atoms. The van der Waals surface area contributed by atoms with Gasteiger partial charge < -0.3 is 5.73 Å². The van der Waals surface area contributed by atoms with E-state index in [1.54, 1.807) is 0 Å². The zero-order valence-corrected chi connectivity index (χ0v) is 11.9. The lowest BCUT2D eigenvalue weighted by Crippen LogP contribution is -2.38. The molecular formula is C16H26N2. The predicted molar refractivity (Wildman–Crippen MR) is 77.7 cm³/mol. The van der Waals surface area contributed by atoms with Crippen LogP contribution in [0, 0.1) is 0 Å². The molecule has 1 aliphatic rings. The number of hydrogen-bond acceptors (Lipinski definition) is 2. The van der Waals surface area contributed by atoms with E-state index in [0.29, 0.717) is 18.6 Å². The molecule has 0 aromatic heterocycles. The summed E-state index contributed by atoms with van der Waals surface area (Å²) in [5.74, 6) is 0.817. The molecule has 1 atom stereocenters. The van der Waals surface area contributed by atoms with Crippen molar-refractivity contribution in [3.8, 4) is 0 Å². The van der Waals surface area contributed by atoms with Gasteiger partial charge in [0.05, 0.1) is 0 Å². The van der Waals surface area contributed by atoms with E-state index < -0.39 is 0 Å². The second-order valence-corrected chi connectivity index (χ2v) is 5.62. The second-order valence-electron chi connectivity index (χ2n) is 5.62. The van der Waals surface area contributed by atoms with Crippen molar-refractivity contribution in [2.75, 3.05) is 13.1 Å². The summed E-state index contributed by atoms with van der Waals surface area (Å²) in [5.41, 5.74) is 8.91. The average Bonchev–Trinajstić information content (AvgIpc) is 3.19. The standard InChI is InChI=1S/C16H26N2/c1-4-18(12(2)3)16(11-17)15-7-5-6-14(10-15)13-8-9-13/h5-7,10,12-13,16H,4,8-9,11,17H2,1-3H3. The summed E-state index contributed by atoms with van der Waals surface area (Å²) in [6.07, 6.45) is 2.72. The molecule has 1 unspecified atom stereocenters. The second kappa shape index (κ2) is 5.85. The SMILES string of the molecule is CCN(C(C)C)C(CN)c1cccc(C2CC2)c1. The highest BCUT2D eigenvalue weighted by atomic mass is 15.2. The normalized spacial score (nSPS) is 17.4. The Balaban J connectivity index is 2.22. The van der Waals surface area contributed by atoms with Gasteiger partial charge in [0.15, 0.2) is 0 Å². The van der Waals surface area contributed by atoms with E-state index in [1.165, 1.54) is 24.0 Å². The van der Waals surface area contributed by atoms with Gasteiger partial charge in [0, 0.05) is 18.6 Å². The number of benzene rings is 1. The maximum atomic E-state index is 6.02. The molecule has 0 radical (unpaired) electrons. The molecule has 0 amide bonds. The fourth-order valence-electron chi connectivity index (χ4n) is 2.85. The minimum atomic E-state index is 0.355.